The van der Waals surface area contributed by atoms with Gasteiger partial charge in [0.2, 0.25) is 5.78 Å². The molecule has 1 aliphatic carbocycles. The number of Topliss-reactive ketones (excluding diaryl/α,β-unsaturated/α-hetero) is 1. The maximum absolute atomic E-state index is 12.7. The third-order valence-electron chi connectivity index (χ3n) is 3.97. The number of ketones is 1. The van der Waals surface area contributed by atoms with Crippen LogP contribution in [-0.2, 0) is 11.8 Å². The van der Waals surface area contributed by atoms with Gasteiger partial charge >= 0.3 is 0 Å². The molecule has 1 aliphatic rings. The summed E-state index contributed by atoms with van der Waals surface area (Å²) in [5.41, 5.74) is 0.0349. The first kappa shape index (κ1) is 13.3. The number of hydrogen-bond donors (Lipinski definition) is 0. The topological polar surface area (TPSA) is 44.1 Å². The molecule has 1 saturated carbocycles. The molecule has 0 aliphatic heterocycles. The van der Waals surface area contributed by atoms with Gasteiger partial charge in [-0.2, -0.15) is 5.10 Å². The second-order valence-corrected chi connectivity index (χ2v) is 5.28. The first-order valence-electron chi connectivity index (χ1n) is 6.76. The molecule has 0 aromatic carbocycles. The number of rotatable bonds is 4. The fourth-order valence-corrected chi connectivity index (χ4v) is 2.77. The highest BCUT2D eigenvalue weighted by Gasteiger charge is 2.43. The van der Waals surface area contributed by atoms with Gasteiger partial charge in [-0.05, 0) is 44.6 Å². The molecule has 1 fully saturated rings. The van der Waals surface area contributed by atoms with Crippen molar-refractivity contribution in [3.8, 4) is 0 Å². The number of hydrogen-bond acceptors (Lipinski definition) is 3. The van der Waals surface area contributed by atoms with Crippen molar-refractivity contribution in [1.29, 1.82) is 0 Å². The second-order valence-electron chi connectivity index (χ2n) is 5.28. The third kappa shape index (κ3) is 2.34. The zero-order valence-electron chi connectivity index (χ0n) is 11.5. The van der Waals surface area contributed by atoms with Crippen LogP contribution >= 0.6 is 0 Å². The van der Waals surface area contributed by atoms with Crippen LogP contribution in [0.15, 0.2) is 12.3 Å². The molecule has 4 heteroatoms. The summed E-state index contributed by atoms with van der Waals surface area (Å²) in [6.07, 6.45) is 5.43. The quantitative estimate of drug-likeness (QED) is 0.771. The van der Waals surface area contributed by atoms with Crippen LogP contribution in [0.1, 0.15) is 50.0 Å². The minimum Gasteiger partial charge on any atom is -0.367 e. The highest BCUT2D eigenvalue weighted by molar-refractivity contribution is 6.01. The first-order chi connectivity index (χ1) is 8.59. The number of nitrogens with zero attached hydrogens (tertiary/aromatic N) is 2. The summed E-state index contributed by atoms with van der Waals surface area (Å²) in [4.78, 5) is 12.7. The lowest BCUT2D eigenvalue weighted by molar-refractivity contribution is -0.0479. The standard InChI is InChI=1S/C14H22N2O2/c1-4-18-14(8-5-11(2)6-9-14)13(17)12-7-10-15-16(12)3/h7,10-11H,4-6,8-9H2,1-3H3. The van der Waals surface area contributed by atoms with Crippen LogP contribution in [-0.4, -0.2) is 27.8 Å². The molecule has 0 atom stereocenters. The van der Waals surface area contributed by atoms with Crippen molar-refractivity contribution in [1.82, 2.24) is 9.78 Å². The highest BCUT2D eigenvalue weighted by Crippen LogP contribution is 2.37. The molecular formula is C14H22N2O2. The van der Waals surface area contributed by atoms with Crippen LogP contribution in [0.3, 0.4) is 0 Å². The Balaban J connectivity index is 2.25. The van der Waals surface area contributed by atoms with E-state index in [0.29, 0.717) is 18.2 Å². The zero-order chi connectivity index (χ0) is 13.2. The number of ether oxygens (including phenoxy) is 1. The summed E-state index contributed by atoms with van der Waals surface area (Å²) < 4.78 is 7.51. The van der Waals surface area contributed by atoms with Crippen molar-refractivity contribution in [3.63, 3.8) is 0 Å². The Hall–Kier alpha value is -1.16. The van der Waals surface area contributed by atoms with Crippen molar-refractivity contribution in [2.45, 2.75) is 45.1 Å². The maximum atomic E-state index is 12.7. The van der Waals surface area contributed by atoms with E-state index in [-0.39, 0.29) is 5.78 Å². The van der Waals surface area contributed by atoms with Gasteiger partial charge in [0.25, 0.3) is 0 Å². The number of aryl methyl sites for hydroxylation is 1. The minimum absolute atomic E-state index is 0.0938. The smallest absolute Gasteiger partial charge is 0.212 e. The van der Waals surface area contributed by atoms with Crippen LogP contribution in [0.4, 0.5) is 0 Å². The highest BCUT2D eigenvalue weighted by atomic mass is 16.5. The van der Waals surface area contributed by atoms with E-state index < -0.39 is 5.60 Å². The van der Waals surface area contributed by atoms with Gasteiger partial charge in [-0.15, -0.1) is 0 Å². The Morgan fingerprint density at radius 2 is 2.22 bits per heavy atom. The van der Waals surface area contributed by atoms with E-state index in [2.05, 4.69) is 12.0 Å². The summed E-state index contributed by atoms with van der Waals surface area (Å²) in [6, 6.07) is 1.78. The van der Waals surface area contributed by atoms with E-state index in [1.165, 1.54) is 0 Å². The lowest BCUT2D eigenvalue weighted by atomic mass is 9.76. The fraction of sp³-hybridized carbons (Fsp3) is 0.714. The first-order valence-corrected chi connectivity index (χ1v) is 6.76. The average Bonchev–Trinajstić information content (AvgIpc) is 2.78. The van der Waals surface area contributed by atoms with Gasteiger partial charge in [0, 0.05) is 19.9 Å². The van der Waals surface area contributed by atoms with Gasteiger partial charge in [0.05, 0.1) is 0 Å². The van der Waals surface area contributed by atoms with Crippen LogP contribution in [0.5, 0.6) is 0 Å². The van der Waals surface area contributed by atoms with Gasteiger partial charge in [0.1, 0.15) is 11.3 Å². The molecule has 2 rings (SSSR count). The largest absolute Gasteiger partial charge is 0.367 e. The van der Waals surface area contributed by atoms with Crippen LogP contribution in [0.2, 0.25) is 0 Å². The van der Waals surface area contributed by atoms with Gasteiger partial charge < -0.3 is 4.74 Å². The minimum atomic E-state index is -0.616. The molecule has 0 N–H and O–H groups in total. The van der Waals surface area contributed by atoms with E-state index in [4.69, 9.17) is 4.74 Å². The normalized spacial score (nSPS) is 28.3. The van der Waals surface area contributed by atoms with Crippen molar-refractivity contribution in [2.24, 2.45) is 13.0 Å². The molecule has 1 aromatic heterocycles. The van der Waals surface area contributed by atoms with Crippen molar-refractivity contribution in [2.75, 3.05) is 6.61 Å². The fourth-order valence-electron chi connectivity index (χ4n) is 2.77. The van der Waals surface area contributed by atoms with Crippen LogP contribution < -0.4 is 0 Å². The summed E-state index contributed by atoms with van der Waals surface area (Å²) in [6.45, 7) is 4.78. The van der Waals surface area contributed by atoms with E-state index in [1.54, 1.807) is 24.0 Å². The molecular weight excluding hydrogens is 228 g/mol. The van der Waals surface area contributed by atoms with Gasteiger partial charge in [-0.1, -0.05) is 6.92 Å². The molecule has 0 spiro atoms. The maximum Gasteiger partial charge on any atom is 0.212 e. The zero-order valence-corrected chi connectivity index (χ0v) is 11.5. The lowest BCUT2D eigenvalue weighted by Crippen LogP contribution is -2.45. The molecule has 0 saturated heterocycles. The van der Waals surface area contributed by atoms with E-state index in [1.807, 2.05) is 6.92 Å². The Morgan fingerprint density at radius 3 is 2.72 bits per heavy atom. The van der Waals surface area contributed by atoms with Crippen LogP contribution in [0.25, 0.3) is 0 Å². The van der Waals surface area contributed by atoms with E-state index in [9.17, 15) is 4.79 Å². The van der Waals surface area contributed by atoms with Gasteiger partial charge in [0.15, 0.2) is 0 Å². The number of carbonyl (C=O) groups is 1. The Labute approximate surface area is 108 Å². The van der Waals surface area contributed by atoms with E-state index >= 15 is 0 Å². The predicted octanol–water partition coefficient (Wildman–Crippen LogP) is 2.59. The molecule has 0 radical (unpaired) electrons. The summed E-state index contributed by atoms with van der Waals surface area (Å²) >= 11 is 0. The SMILES string of the molecule is CCOC1(C(=O)c2ccnn2C)CCC(C)CC1. The monoisotopic (exact) mass is 250 g/mol. The molecule has 1 heterocycles. The molecule has 4 nitrogen and oxygen atoms in total. The summed E-state index contributed by atoms with van der Waals surface area (Å²) in [5.74, 6) is 0.786. The average molecular weight is 250 g/mol. The van der Waals surface area contributed by atoms with Crippen molar-refractivity contribution < 1.29 is 9.53 Å². The second kappa shape index (κ2) is 5.22. The molecule has 100 valence electrons. The third-order valence-corrected chi connectivity index (χ3v) is 3.97. The van der Waals surface area contributed by atoms with Crippen molar-refractivity contribution in [3.05, 3.63) is 18.0 Å². The number of aromatic nitrogens is 2. The molecule has 0 unspecified atom stereocenters. The molecule has 0 amide bonds. The van der Waals surface area contributed by atoms with E-state index in [0.717, 1.165) is 25.7 Å². The van der Waals surface area contributed by atoms with Gasteiger partial charge in [-0.25, -0.2) is 0 Å². The summed E-state index contributed by atoms with van der Waals surface area (Å²) in [7, 11) is 1.80. The summed E-state index contributed by atoms with van der Waals surface area (Å²) in [5, 5.41) is 4.08. The number of carbonyl (C=O) groups excluding carboxylic acids is 1. The lowest BCUT2D eigenvalue weighted by Gasteiger charge is -2.37. The predicted molar refractivity (Wildman–Crippen MR) is 69.5 cm³/mol. The Bertz CT molecular complexity index is 417. The molecule has 0 bridgehead atoms. The van der Waals surface area contributed by atoms with Crippen LogP contribution in [0, 0.1) is 5.92 Å². The molecule has 1 aromatic rings. The van der Waals surface area contributed by atoms with Crippen molar-refractivity contribution >= 4 is 5.78 Å². The molecule has 18 heavy (non-hydrogen) atoms. The Morgan fingerprint density at radius 1 is 1.56 bits per heavy atom. The van der Waals surface area contributed by atoms with Gasteiger partial charge in [-0.3, -0.25) is 9.48 Å². The Kier molecular flexibility index (Phi) is 3.85.